The van der Waals surface area contributed by atoms with E-state index in [0.29, 0.717) is 23.4 Å². The molecule has 3 aromatic heterocycles. The van der Waals surface area contributed by atoms with Gasteiger partial charge in [0.2, 0.25) is 5.95 Å². The lowest BCUT2D eigenvalue weighted by molar-refractivity contribution is 0.619. The van der Waals surface area contributed by atoms with E-state index in [1.54, 1.807) is 23.6 Å². The number of halogens is 1. The summed E-state index contributed by atoms with van der Waals surface area (Å²) in [5.41, 5.74) is 1.84. The van der Waals surface area contributed by atoms with Gasteiger partial charge in [-0.3, -0.25) is 0 Å². The van der Waals surface area contributed by atoms with Crippen LogP contribution in [0.4, 0.5) is 21.3 Å². The summed E-state index contributed by atoms with van der Waals surface area (Å²) in [6, 6.07) is 11.7. The Balaban J connectivity index is 1.44. The monoisotopic (exact) mass is 406 g/mol. The Hall–Kier alpha value is -3.13. The highest BCUT2D eigenvalue weighted by Crippen LogP contribution is 2.32. The van der Waals surface area contributed by atoms with Gasteiger partial charge in [0, 0.05) is 17.8 Å². The van der Waals surface area contributed by atoms with Gasteiger partial charge in [0.1, 0.15) is 11.5 Å². The maximum atomic E-state index is 14.5. The number of aromatic nitrogens is 4. The van der Waals surface area contributed by atoms with Crippen molar-refractivity contribution in [3.05, 3.63) is 54.6 Å². The van der Waals surface area contributed by atoms with E-state index < -0.39 is 5.82 Å². The lowest BCUT2D eigenvalue weighted by Gasteiger charge is -2.09. The summed E-state index contributed by atoms with van der Waals surface area (Å²) in [5, 5.41) is 7.45. The van der Waals surface area contributed by atoms with Crippen LogP contribution in [0.3, 0.4) is 0 Å². The molecule has 3 heterocycles. The molecular formula is C21H19FN6S. The first-order valence-corrected chi connectivity index (χ1v) is 10.4. The fraction of sp³-hybridized carbons (Fsp3) is 0.238. The molecule has 1 saturated carbocycles. The van der Waals surface area contributed by atoms with E-state index >= 15 is 0 Å². The summed E-state index contributed by atoms with van der Waals surface area (Å²) < 4.78 is 15.5. The van der Waals surface area contributed by atoms with Crippen molar-refractivity contribution < 1.29 is 4.39 Å². The lowest BCUT2D eigenvalue weighted by Crippen LogP contribution is -2.13. The third-order valence-corrected chi connectivity index (χ3v) is 5.94. The predicted molar refractivity (Wildman–Crippen MR) is 114 cm³/mol. The van der Waals surface area contributed by atoms with Crippen molar-refractivity contribution in [1.82, 2.24) is 19.9 Å². The number of anilines is 3. The standard InChI is InChI=1S/C21H19FN6S/c22-15-12-24-20(27-18-7-3-4-10-23-18)28-19(15)13-8-9-16-17(11-13)29-21(26-16)25-14-5-1-2-6-14/h3-4,7-12,14H,1-2,5-6H2,(H,25,26)(H,23,24,27,28). The second-order valence-corrected chi connectivity index (χ2v) is 8.09. The summed E-state index contributed by atoms with van der Waals surface area (Å²) >= 11 is 1.59. The summed E-state index contributed by atoms with van der Waals surface area (Å²) in [5.74, 6) is 0.434. The highest BCUT2D eigenvalue weighted by molar-refractivity contribution is 7.22. The molecule has 1 aliphatic rings. The van der Waals surface area contributed by atoms with Crippen LogP contribution in [0, 0.1) is 5.82 Å². The molecule has 0 spiro atoms. The molecule has 0 amide bonds. The molecule has 8 heteroatoms. The zero-order valence-electron chi connectivity index (χ0n) is 15.6. The van der Waals surface area contributed by atoms with E-state index in [0.717, 1.165) is 15.3 Å². The fourth-order valence-corrected chi connectivity index (χ4v) is 4.54. The summed E-state index contributed by atoms with van der Waals surface area (Å²) in [6.07, 6.45) is 7.78. The van der Waals surface area contributed by atoms with Gasteiger partial charge in [0.15, 0.2) is 10.9 Å². The van der Waals surface area contributed by atoms with Crippen LogP contribution >= 0.6 is 11.3 Å². The van der Waals surface area contributed by atoms with E-state index in [2.05, 4.69) is 30.6 Å². The molecule has 1 aromatic carbocycles. The molecule has 0 radical (unpaired) electrons. The molecule has 146 valence electrons. The number of hydrogen-bond acceptors (Lipinski definition) is 7. The number of nitrogens with one attached hydrogen (secondary N) is 2. The van der Waals surface area contributed by atoms with Crippen LogP contribution in [0.15, 0.2) is 48.8 Å². The first-order chi connectivity index (χ1) is 14.2. The smallest absolute Gasteiger partial charge is 0.229 e. The highest BCUT2D eigenvalue weighted by Gasteiger charge is 2.17. The van der Waals surface area contributed by atoms with Crippen molar-refractivity contribution in [3.8, 4) is 11.3 Å². The SMILES string of the molecule is Fc1cnc(Nc2ccccn2)nc1-c1ccc2nc(NC3CCCC3)sc2c1. The molecule has 0 aliphatic heterocycles. The number of pyridine rings is 1. The quantitative estimate of drug-likeness (QED) is 0.463. The zero-order chi connectivity index (χ0) is 19.6. The van der Waals surface area contributed by atoms with Crippen LogP contribution in [0.1, 0.15) is 25.7 Å². The third-order valence-electron chi connectivity index (χ3n) is 4.99. The summed E-state index contributed by atoms with van der Waals surface area (Å²) in [4.78, 5) is 17.2. The number of rotatable bonds is 5. The van der Waals surface area contributed by atoms with Gasteiger partial charge in [-0.1, -0.05) is 36.3 Å². The third kappa shape index (κ3) is 3.88. The molecule has 1 fully saturated rings. The Bertz CT molecular complexity index is 1140. The van der Waals surface area contributed by atoms with Crippen LogP contribution in [0.25, 0.3) is 21.5 Å². The molecular weight excluding hydrogens is 387 g/mol. The fourth-order valence-electron chi connectivity index (χ4n) is 3.56. The Labute approximate surface area is 171 Å². The minimum atomic E-state index is -0.468. The highest BCUT2D eigenvalue weighted by atomic mass is 32.1. The van der Waals surface area contributed by atoms with Crippen molar-refractivity contribution in [2.45, 2.75) is 31.7 Å². The largest absolute Gasteiger partial charge is 0.359 e. The summed E-state index contributed by atoms with van der Waals surface area (Å²) in [7, 11) is 0. The van der Waals surface area contributed by atoms with Gasteiger partial charge in [-0.25, -0.2) is 24.3 Å². The van der Waals surface area contributed by atoms with E-state index in [9.17, 15) is 4.39 Å². The van der Waals surface area contributed by atoms with Gasteiger partial charge in [-0.05, 0) is 37.1 Å². The van der Waals surface area contributed by atoms with Gasteiger partial charge in [-0.15, -0.1) is 0 Å². The van der Waals surface area contributed by atoms with Gasteiger partial charge in [-0.2, -0.15) is 0 Å². The molecule has 0 atom stereocenters. The maximum Gasteiger partial charge on any atom is 0.229 e. The molecule has 6 nitrogen and oxygen atoms in total. The Morgan fingerprint density at radius 2 is 1.93 bits per heavy atom. The first-order valence-electron chi connectivity index (χ1n) is 9.63. The van der Waals surface area contributed by atoms with Crippen molar-refractivity contribution in [2.75, 3.05) is 10.6 Å². The average Bonchev–Trinajstić information content (AvgIpc) is 3.39. The minimum Gasteiger partial charge on any atom is -0.359 e. The number of nitrogens with zero attached hydrogens (tertiary/aromatic N) is 4. The Morgan fingerprint density at radius 3 is 2.76 bits per heavy atom. The predicted octanol–water partition coefficient (Wildman–Crippen LogP) is 5.39. The molecule has 4 aromatic rings. The number of hydrogen-bond donors (Lipinski definition) is 2. The molecule has 0 unspecified atom stereocenters. The molecule has 5 rings (SSSR count). The molecule has 29 heavy (non-hydrogen) atoms. The average molecular weight is 406 g/mol. The lowest BCUT2D eigenvalue weighted by atomic mass is 10.1. The molecule has 1 aliphatic carbocycles. The number of fused-ring (bicyclic) bond motifs is 1. The van der Waals surface area contributed by atoms with Crippen molar-refractivity contribution in [1.29, 1.82) is 0 Å². The maximum absolute atomic E-state index is 14.5. The van der Waals surface area contributed by atoms with Crippen molar-refractivity contribution in [2.24, 2.45) is 0 Å². The van der Waals surface area contributed by atoms with E-state index in [1.807, 2.05) is 30.3 Å². The second-order valence-electron chi connectivity index (χ2n) is 7.06. The van der Waals surface area contributed by atoms with Gasteiger partial charge in [0.05, 0.1) is 16.4 Å². The Kier molecular flexibility index (Phi) is 4.77. The molecule has 0 bridgehead atoms. The van der Waals surface area contributed by atoms with Gasteiger partial charge < -0.3 is 10.6 Å². The van der Waals surface area contributed by atoms with Crippen molar-refractivity contribution in [3.63, 3.8) is 0 Å². The molecule has 0 saturated heterocycles. The van der Waals surface area contributed by atoms with Gasteiger partial charge in [0.25, 0.3) is 0 Å². The normalized spacial score (nSPS) is 14.4. The number of thiazole rings is 1. The van der Waals surface area contributed by atoms with E-state index in [4.69, 9.17) is 0 Å². The Morgan fingerprint density at radius 1 is 1.03 bits per heavy atom. The van der Waals surface area contributed by atoms with Crippen LogP contribution in [0.5, 0.6) is 0 Å². The zero-order valence-corrected chi connectivity index (χ0v) is 16.4. The summed E-state index contributed by atoms with van der Waals surface area (Å²) in [6.45, 7) is 0. The molecule has 2 N–H and O–H groups in total. The number of benzene rings is 1. The second kappa shape index (κ2) is 7.71. The van der Waals surface area contributed by atoms with Crippen LogP contribution in [-0.4, -0.2) is 26.0 Å². The minimum absolute atomic E-state index is 0.249. The first kappa shape index (κ1) is 17.9. The van der Waals surface area contributed by atoms with Crippen LogP contribution in [-0.2, 0) is 0 Å². The van der Waals surface area contributed by atoms with Crippen LogP contribution < -0.4 is 10.6 Å². The van der Waals surface area contributed by atoms with E-state index in [1.165, 1.54) is 31.9 Å². The van der Waals surface area contributed by atoms with Gasteiger partial charge >= 0.3 is 0 Å². The van der Waals surface area contributed by atoms with E-state index in [-0.39, 0.29) is 5.69 Å². The van der Waals surface area contributed by atoms with Crippen LogP contribution in [0.2, 0.25) is 0 Å². The topological polar surface area (TPSA) is 75.6 Å². The van der Waals surface area contributed by atoms with Crippen molar-refractivity contribution >= 4 is 38.5 Å².